The van der Waals surface area contributed by atoms with Crippen LogP contribution in [0.4, 0.5) is 20.2 Å². The van der Waals surface area contributed by atoms with E-state index in [4.69, 9.17) is 10.6 Å². The van der Waals surface area contributed by atoms with Crippen LogP contribution in [0.15, 0.2) is 158 Å². The smallest absolute Gasteiger partial charge is 0.132 e. The highest BCUT2D eigenvalue weighted by molar-refractivity contribution is 5.68. The van der Waals surface area contributed by atoms with E-state index >= 15 is 0 Å². The quantitative estimate of drug-likeness (QED) is 0.116. The van der Waals surface area contributed by atoms with Crippen molar-refractivity contribution in [1.82, 2.24) is 0 Å². The van der Waals surface area contributed by atoms with Crippen LogP contribution in [0.3, 0.4) is 0 Å². The standard InChI is InChI=1S/C37H28F2N2O/c38-31-19-21-35(22-20-31)42-36-25-32(39)24-34(26-36)41(40)33-18-10-17-30(23-33)37(27-11-4-1-5-12-27,28-13-6-2-7-14-28)29-15-8-3-9-16-29/h1-26H,40H2. The van der Waals surface area contributed by atoms with Crippen LogP contribution in [0.1, 0.15) is 22.3 Å². The van der Waals surface area contributed by atoms with Crippen LogP contribution in [0.25, 0.3) is 0 Å². The van der Waals surface area contributed by atoms with Crippen molar-refractivity contribution in [3.8, 4) is 11.5 Å². The molecule has 0 aliphatic heterocycles. The molecule has 0 fully saturated rings. The molecule has 2 N–H and O–H groups in total. The zero-order chi connectivity index (χ0) is 28.9. The summed E-state index contributed by atoms with van der Waals surface area (Å²) in [5, 5.41) is 1.44. The van der Waals surface area contributed by atoms with Crippen molar-refractivity contribution in [3.05, 3.63) is 192 Å². The first-order valence-electron chi connectivity index (χ1n) is 13.6. The summed E-state index contributed by atoms with van der Waals surface area (Å²) >= 11 is 0. The number of nitrogens with two attached hydrogens (primary N) is 1. The highest BCUT2D eigenvalue weighted by Crippen LogP contribution is 2.46. The molecule has 0 amide bonds. The summed E-state index contributed by atoms with van der Waals surface area (Å²) in [7, 11) is 0. The first kappa shape index (κ1) is 26.9. The van der Waals surface area contributed by atoms with Gasteiger partial charge in [0.1, 0.15) is 23.1 Å². The van der Waals surface area contributed by atoms with Gasteiger partial charge in [0.2, 0.25) is 0 Å². The molecular weight excluding hydrogens is 526 g/mol. The molecule has 206 valence electrons. The van der Waals surface area contributed by atoms with Gasteiger partial charge in [-0.2, -0.15) is 0 Å². The van der Waals surface area contributed by atoms with E-state index in [-0.39, 0.29) is 11.6 Å². The Bertz CT molecular complexity index is 1680. The molecule has 6 aromatic rings. The van der Waals surface area contributed by atoms with Crippen LogP contribution < -0.4 is 15.6 Å². The first-order valence-corrected chi connectivity index (χ1v) is 13.6. The maximum Gasteiger partial charge on any atom is 0.132 e. The maximum atomic E-state index is 14.8. The summed E-state index contributed by atoms with van der Waals surface area (Å²) in [4.78, 5) is 0. The van der Waals surface area contributed by atoms with Crippen LogP contribution in [0, 0.1) is 11.6 Å². The van der Waals surface area contributed by atoms with E-state index in [0.717, 1.165) is 22.3 Å². The minimum atomic E-state index is -0.653. The number of hydrogen-bond acceptors (Lipinski definition) is 3. The van der Waals surface area contributed by atoms with Crippen molar-refractivity contribution in [2.75, 3.05) is 5.01 Å². The molecule has 0 aromatic heterocycles. The van der Waals surface area contributed by atoms with Crippen molar-refractivity contribution >= 4 is 11.4 Å². The fraction of sp³-hybridized carbons (Fsp3) is 0.0270. The van der Waals surface area contributed by atoms with E-state index in [1.807, 2.05) is 72.8 Å². The Kier molecular flexibility index (Phi) is 7.50. The SMILES string of the molecule is NN(c1cc(F)cc(Oc2ccc(F)cc2)c1)c1cccc(C(c2ccccc2)(c2ccccc2)c2ccccc2)c1. The van der Waals surface area contributed by atoms with E-state index in [2.05, 4.69) is 42.5 Å². The molecule has 0 aliphatic carbocycles. The summed E-state index contributed by atoms with van der Waals surface area (Å²) < 4.78 is 33.9. The fourth-order valence-corrected chi connectivity index (χ4v) is 5.49. The maximum absolute atomic E-state index is 14.8. The molecule has 0 unspecified atom stereocenters. The molecule has 0 atom stereocenters. The molecule has 42 heavy (non-hydrogen) atoms. The molecule has 0 saturated heterocycles. The van der Waals surface area contributed by atoms with E-state index in [1.54, 1.807) is 6.07 Å². The Morgan fingerprint density at radius 1 is 0.452 bits per heavy atom. The van der Waals surface area contributed by atoms with Crippen LogP contribution in [0.2, 0.25) is 0 Å². The van der Waals surface area contributed by atoms with Gasteiger partial charge in [0, 0.05) is 12.1 Å². The first-order chi connectivity index (χ1) is 20.5. The van der Waals surface area contributed by atoms with Gasteiger partial charge in [0.05, 0.1) is 16.8 Å². The Hall–Kier alpha value is -5.26. The lowest BCUT2D eigenvalue weighted by Crippen LogP contribution is -2.32. The van der Waals surface area contributed by atoms with E-state index in [0.29, 0.717) is 17.1 Å². The molecule has 5 heteroatoms. The second-order valence-corrected chi connectivity index (χ2v) is 9.97. The fourth-order valence-electron chi connectivity index (χ4n) is 5.49. The minimum Gasteiger partial charge on any atom is -0.457 e. The number of nitrogens with zero attached hydrogens (tertiary/aromatic N) is 1. The average Bonchev–Trinajstić information content (AvgIpc) is 3.04. The monoisotopic (exact) mass is 554 g/mol. The normalized spacial score (nSPS) is 11.2. The molecule has 0 aliphatic rings. The summed E-state index contributed by atoms with van der Waals surface area (Å²) in [5.41, 5.74) is 4.71. The van der Waals surface area contributed by atoms with Crippen LogP contribution in [-0.4, -0.2) is 0 Å². The number of halogens is 2. The molecule has 0 spiro atoms. The number of hydrogen-bond donors (Lipinski definition) is 1. The third kappa shape index (κ3) is 5.26. The van der Waals surface area contributed by atoms with Crippen LogP contribution in [-0.2, 0) is 5.41 Å². The number of rotatable bonds is 8. The van der Waals surface area contributed by atoms with Gasteiger partial charge in [0.15, 0.2) is 0 Å². The summed E-state index contributed by atoms with van der Waals surface area (Å²) in [6.07, 6.45) is 0. The van der Waals surface area contributed by atoms with Gasteiger partial charge < -0.3 is 4.74 Å². The van der Waals surface area contributed by atoms with Gasteiger partial charge in [-0.15, -0.1) is 0 Å². The Balaban J connectivity index is 1.47. The highest BCUT2D eigenvalue weighted by Gasteiger charge is 2.38. The third-order valence-electron chi connectivity index (χ3n) is 7.36. The van der Waals surface area contributed by atoms with Crippen molar-refractivity contribution in [1.29, 1.82) is 0 Å². The van der Waals surface area contributed by atoms with Gasteiger partial charge in [0.25, 0.3) is 0 Å². The molecule has 0 saturated carbocycles. The van der Waals surface area contributed by atoms with Gasteiger partial charge >= 0.3 is 0 Å². The van der Waals surface area contributed by atoms with Gasteiger partial charge in [-0.3, -0.25) is 5.01 Å². The van der Waals surface area contributed by atoms with Gasteiger partial charge in [-0.05, 0) is 64.7 Å². The second kappa shape index (κ2) is 11.7. The van der Waals surface area contributed by atoms with Crippen molar-refractivity contribution in [3.63, 3.8) is 0 Å². The van der Waals surface area contributed by atoms with Gasteiger partial charge in [-0.25, -0.2) is 14.6 Å². The molecule has 0 radical (unpaired) electrons. The predicted octanol–water partition coefficient (Wildman–Crippen LogP) is 9.15. The van der Waals surface area contributed by atoms with Crippen molar-refractivity contribution < 1.29 is 13.5 Å². The lowest BCUT2D eigenvalue weighted by Gasteiger charge is -2.37. The number of benzene rings is 6. The van der Waals surface area contributed by atoms with Crippen LogP contribution >= 0.6 is 0 Å². The summed E-state index contributed by atoms with van der Waals surface area (Å²) in [6.45, 7) is 0. The molecule has 6 rings (SSSR count). The van der Waals surface area contributed by atoms with Gasteiger partial charge in [-0.1, -0.05) is 103 Å². The molecule has 6 aromatic carbocycles. The Morgan fingerprint density at radius 2 is 0.976 bits per heavy atom. The topological polar surface area (TPSA) is 38.5 Å². The van der Waals surface area contributed by atoms with E-state index < -0.39 is 11.2 Å². The molecular formula is C37H28F2N2O. The van der Waals surface area contributed by atoms with E-state index in [1.165, 1.54) is 41.4 Å². The Morgan fingerprint density at radius 3 is 1.52 bits per heavy atom. The second-order valence-electron chi connectivity index (χ2n) is 9.97. The lowest BCUT2D eigenvalue weighted by molar-refractivity contribution is 0.475. The molecule has 3 nitrogen and oxygen atoms in total. The summed E-state index contributed by atoms with van der Waals surface area (Å²) in [6, 6.07) is 48.9. The van der Waals surface area contributed by atoms with Crippen molar-refractivity contribution in [2.45, 2.75) is 5.41 Å². The summed E-state index contributed by atoms with van der Waals surface area (Å²) in [5.74, 6) is 6.40. The Labute approximate surface area is 244 Å². The number of ether oxygens (including phenoxy) is 1. The average molecular weight is 555 g/mol. The molecule has 0 heterocycles. The molecule has 0 bridgehead atoms. The largest absolute Gasteiger partial charge is 0.457 e. The van der Waals surface area contributed by atoms with E-state index in [9.17, 15) is 8.78 Å². The number of anilines is 2. The zero-order valence-electron chi connectivity index (χ0n) is 22.7. The van der Waals surface area contributed by atoms with Crippen molar-refractivity contribution in [2.24, 2.45) is 5.84 Å². The zero-order valence-corrected chi connectivity index (χ0v) is 22.7. The third-order valence-corrected chi connectivity index (χ3v) is 7.36. The number of hydrazine groups is 1. The minimum absolute atomic E-state index is 0.246. The van der Waals surface area contributed by atoms with Crippen LogP contribution in [0.5, 0.6) is 11.5 Å². The highest BCUT2D eigenvalue weighted by atomic mass is 19.1. The predicted molar refractivity (Wildman–Crippen MR) is 164 cm³/mol. The lowest BCUT2D eigenvalue weighted by atomic mass is 9.65.